The largest absolute Gasteiger partial charge is 0.395 e. The van der Waals surface area contributed by atoms with Crippen molar-refractivity contribution < 1.29 is 14.3 Å². The van der Waals surface area contributed by atoms with Gasteiger partial charge in [0, 0.05) is 13.0 Å². The Kier molecular flexibility index (Phi) is 4.97. The molecule has 3 N–H and O–H groups in total. The van der Waals surface area contributed by atoms with Crippen LogP contribution >= 0.6 is 11.3 Å². The molecule has 0 aliphatic heterocycles. The fraction of sp³-hybridized carbons (Fsp3) is 0.250. The van der Waals surface area contributed by atoms with Gasteiger partial charge in [0.2, 0.25) is 5.13 Å². The van der Waals surface area contributed by atoms with E-state index < -0.39 is 6.03 Å². The molecule has 6 nitrogen and oxygen atoms in total. The molecule has 0 saturated heterocycles. The predicted octanol–water partition coefficient (Wildman–Crippen LogP) is 1.38. The van der Waals surface area contributed by atoms with Crippen LogP contribution in [-0.4, -0.2) is 34.5 Å². The fourth-order valence-electron chi connectivity index (χ4n) is 1.51. The van der Waals surface area contributed by atoms with Crippen molar-refractivity contribution >= 4 is 22.5 Å². The van der Waals surface area contributed by atoms with E-state index in [2.05, 4.69) is 20.8 Å². The van der Waals surface area contributed by atoms with E-state index in [0.717, 1.165) is 5.56 Å². The molecule has 0 aliphatic carbocycles. The molecule has 0 fully saturated rings. The summed E-state index contributed by atoms with van der Waals surface area (Å²) >= 11 is 1.22. The monoisotopic (exact) mass is 296 g/mol. The van der Waals surface area contributed by atoms with Crippen LogP contribution in [0.3, 0.4) is 0 Å². The Balaban J connectivity index is 1.93. The van der Waals surface area contributed by atoms with E-state index in [1.165, 1.54) is 23.5 Å². The highest BCUT2D eigenvalue weighted by Crippen LogP contribution is 2.18. The molecule has 0 spiro atoms. The van der Waals surface area contributed by atoms with Crippen molar-refractivity contribution in [2.75, 3.05) is 18.5 Å². The molecule has 0 unspecified atom stereocenters. The van der Waals surface area contributed by atoms with Crippen molar-refractivity contribution in [1.82, 2.24) is 15.5 Å². The van der Waals surface area contributed by atoms with Crippen LogP contribution in [0.2, 0.25) is 0 Å². The number of nitrogens with zero attached hydrogens (tertiary/aromatic N) is 2. The Hall–Kier alpha value is -2.06. The van der Waals surface area contributed by atoms with Crippen LogP contribution in [0.5, 0.6) is 0 Å². The number of aliphatic hydroxyl groups excluding tert-OH is 1. The van der Waals surface area contributed by atoms with Gasteiger partial charge in [0.25, 0.3) is 0 Å². The van der Waals surface area contributed by atoms with E-state index in [0.29, 0.717) is 16.6 Å². The van der Waals surface area contributed by atoms with Crippen LogP contribution in [0.1, 0.15) is 10.6 Å². The summed E-state index contributed by atoms with van der Waals surface area (Å²) in [5.74, 6) is -0.297. The van der Waals surface area contributed by atoms with E-state index >= 15 is 0 Å². The van der Waals surface area contributed by atoms with E-state index in [9.17, 15) is 9.18 Å². The summed E-state index contributed by atoms with van der Waals surface area (Å²) in [6.45, 7) is 0.0369. The van der Waals surface area contributed by atoms with E-state index in [1.807, 2.05) is 0 Å². The minimum absolute atomic E-state index is 0.131. The highest BCUT2D eigenvalue weighted by atomic mass is 32.1. The van der Waals surface area contributed by atoms with Gasteiger partial charge in [-0.25, -0.2) is 9.18 Å². The minimum Gasteiger partial charge on any atom is -0.395 e. The quantitative estimate of drug-likeness (QED) is 0.778. The second kappa shape index (κ2) is 6.92. The summed E-state index contributed by atoms with van der Waals surface area (Å²) in [6, 6.07) is 5.79. The van der Waals surface area contributed by atoms with E-state index in [-0.39, 0.29) is 19.0 Å². The summed E-state index contributed by atoms with van der Waals surface area (Å²) in [5.41, 5.74) is 0.789. The van der Waals surface area contributed by atoms with Gasteiger partial charge in [0.05, 0.1) is 6.61 Å². The number of carbonyl (C=O) groups is 1. The third kappa shape index (κ3) is 4.25. The first-order chi connectivity index (χ1) is 9.67. The molecule has 8 heteroatoms. The highest BCUT2D eigenvalue weighted by Gasteiger charge is 2.08. The van der Waals surface area contributed by atoms with Gasteiger partial charge < -0.3 is 10.4 Å². The van der Waals surface area contributed by atoms with Crippen LogP contribution in [0.4, 0.5) is 14.3 Å². The van der Waals surface area contributed by atoms with Crippen molar-refractivity contribution in [1.29, 1.82) is 0 Å². The zero-order valence-electron chi connectivity index (χ0n) is 10.5. The first-order valence-electron chi connectivity index (χ1n) is 5.90. The standard InChI is InChI=1S/C12H13FN4O2S/c13-9-3-1-2-8(6-9)7-10-16-17-12(20-10)15-11(19)14-4-5-18/h1-3,6,18H,4-5,7H2,(H2,14,15,17,19). The number of aliphatic hydroxyl groups is 1. The minimum atomic E-state index is -0.451. The van der Waals surface area contributed by atoms with Gasteiger partial charge >= 0.3 is 6.03 Å². The number of amides is 2. The Morgan fingerprint density at radius 2 is 2.25 bits per heavy atom. The van der Waals surface area contributed by atoms with Gasteiger partial charge in [-0.1, -0.05) is 23.5 Å². The molecule has 1 heterocycles. The number of benzene rings is 1. The molecule has 0 atom stereocenters. The molecule has 2 aromatic rings. The number of hydrogen-bond acceptors (Lipinski definition) is 5. The maximum absolute atomic E-state index is 13.0. The molecule has 106 valence electrons. The lowest BCUT2D eigenvalue weighted by Gasteiger charge is -2.01. The van der Waals surface area contributed by atoms with Crippen LogP contribution in [-0.2, 0) is 6.42 Å². The van der Waals surface area contributed by atoms with Crippen LogP contribution in [0, 0.1) is 5.82 Å². The summed E-state index contributed by atoms with van der Waals surface area (Å²) in [4.78, 5) is 11.3. The number of rotatable bonds is 5. The van der Waals surface area contributed by atoms with Crippen LogP contribution < -0.4 is 10.6 Å². The molecule has 0 radical (unpaired) electrons. The molecule has 20 heavy (non-hydrogen) atoms. The number of hydrogen-bond donors (Lipinski definition) is 3. The third-order valence-electron chi connectivity index (χ3n) is 2.33. The van der Waals surface area contributed by atoms with Crippen LogP contribution in [0.15, 0.2) is 24.3 Å². The zero-order chi connectivity index (χ0) is 14.4. The summed E-state index contributed by atoms with van der Waals surface area (Å²) < 4.78 is 13.0. The Morgan fingerprint density at radius 3 is 3.00 bits per heavy atom. The zero-order valence-corrected chi connectivity index (χ0v) is 11.3. The molecule has 2 rings (SSSR count). The second-order valence-electron chi connectivity index (χ2n) is 3.91. The lowest BCUT2D eigenvalue weighted by Crippen LogP contribution is -2.30. The Labute approximate surface area is 118 Å². The predicted molar refractivity (Wildman–Crippen MR) is 73.2 cm³/mol. The molecule has 1 aromatic carbocycles. The molecular formula is C12H13FN4O2S. The third-order valence-corrected chi connectivity index (χ3v) is 3.17. The van der Waals surface area contributed by atoms with Gasteiger partial charge in [-0.15, -0.1) is 10.2 Å². The maximum Gasteiger partial charge on any atom is 0.321 e. The van der Waals surface area contributed by atoms with Crippen molar-refractivity contribution in [3.63, 3.8) is 0 Å². The van der Waals surface area contributed by atoms with E-state index in [4.69, 9.17) is 5.11 Å². The average molecular weight is 296 g/mol. The van der Waals surface area contributed by atoms with Crippen molar-refractivity contribution in [3.8, 4) is 0 Å². The van der Waals surface area contributed by atoms with Crippen molar-refractivity contribution in [2.45, 2.75) is 6.42 Å². The number of nitrogens with one attached hydrogen (secondary N) is 2. The lowest BCUT2D eigenvalue weighted by molar-refractivity contribution is 0.245. The lowest BCUT2D eigenvalue weighted by atomic mass is 10.1. The molecule has 1 aromatic heterocycles. The summed E-state index contributed by atoms with van der Waals surface area (Å²) in [7, 11) is 0. The molecule has 0 aliphatic rings. The maximum atomic E-state index is 13.0. The van der Waals surface area contributed by atoms with Gasteiger partial charge in [-0.3, -0.25) is 5.32 Å². The fourth-order valence-corrected chi connectivity index (χ4v) is 2.28. The Bertz CT molecular complexity index is 590. The second-order valence-corrected chi connectivity index (χ2v) is 4.97. The molecule has 0 bridgehead atoms. The Morgan fingerprint density at radius 1 is 1.40 bits per heavy atom. The van der Waals surface area contributed by atoms with Gasteiger partial charge in [-0.2, -0.15) is 0 Å². The summed E-state index contributed by atoms with van der Waals surface area (Å²) in [5, 5.41) is 22.3. The number of anilines is 1. The highest BCUT2D eigenvalue weighted by molar-refractivity contribution is 7.15. The first kappa shape index (κ1) is 14.4. The average Bonchev–Trinajstić information content (AvgIpc) is 2.83. The molecule has 0 saturated carbocycles. The molecule has 2 amide bonds. The number of aromatic nitrogens is 2. The molecular weight excluding hydrogens is 283 g/mol. The normalized spacial score (nSPS) is 10.3. The number of halogens is 1. The van der Waals surface area contributed by atoms with Gasteiger partial charge in [-0.05, 0) is 17.7 Å². The van der Waals surface area contributed by atoms with Crippen molar-refractivity contribution in [3.05, 3.63) is 40.7 Å². The smallest absolute Gasteiger partial charge is 0.321 e. The first-order valence-corrected chi connectivity index (χ1v) is 6.71. The topological polar surface area (TPSA) is 87.1 Å². The number of carbonyl (C=O) groups excluding carboxylic acids is 1. The van der Waals surface area contributed by atoms with E-state index in [1.54, 1.807) is 12.1 Å². The van der Waals surface area contributed by atoms with Crippen LogP contribution in [0.25, 0.3) is 0 Å². The van der Waals surface area contributed by atoms with Gasteiger partial charge in [0.15, 0.2) is 0 Å². The SMILES string of the molecule is O=C(NCCO)Nc1nnc(Cc2cccc(F)c2)s1. The van der Waals surface area contributed by atoms with Crippen molar-refractivity contribution in [2.24, 2.45) is 0 Å². The summed E-state index contributed by atoms with van der Waals surface area (Å²) in [6.07, 6.45) is 0.454. The number of urea groups is 1. The van der Waals surface area contributed by atoms with Gasteiger partial charge in [0.1, 0.15) is 10.8 Å².